The predicted octanol–water partition coefficient (Wildman–Crippen LogP) is 3.97. The molecule has 0 saturated carbocycles. The fraction of sp³-hybridized carbons (Fsp3) is 0.682. The molecule has 1 aromatic heterocycles. The van der Waals surface area contributed by atoms with Gasteiger partial charge in [-0.25, -0.2) is 9.97 Å². The fourth-order valence-electron chi connectivity index (χ4n) is 3.48. The van der Waals surface area contributed by atoms with E-state index in [0.717, 1.165) is 24.8 Å². The molecule has 2 rings (SSSR count). The van der Waals surface area contributed by atoms with Crippen molar-refractivity contribution >= 4 is 12.0 Å². The molecule has 3 atom stereocenters. The summed E-state index contributed by atoms with van der Waals surface area (Å²) >= 11 is 0. The van der Waals surface area contributed by atoms with Crippen LogP contribution >= 0.6 is 0 Å². The maximum absolute atomic E-state index is 11.4. The summed E-state index contributed by atoms with van der Waals surface area (Å²) in [6.07, 6.45) is 11.5. The molecule has 7 nitrogen and oxygen atoms in total. The van der Waals surface area contributed by atoms with E-state index in [9.17, 15) is 9.90 Å². The van der Waals surface area contributed by atoms with Gasteiger partial charge in [-0.05, 0) is 33.1 Å². The Kier molecular flexibility index (Phi) is 9.20. The number of unbranched alkanes of at least 4 members (excludes halogenated alkanes) is 2. The van der Waals surface area contributed by atoms with Crippen molar-refractivity contribution in [3.63, 3.8) is 0 Å². The summed E-state index contributed by atoms with van der Waals surface area (Å²) in [4.78, 5) is 19.7. The summed E-state index contributed by atoms with van der Waals surface area (Å²) in [6.45, 7) is 5.89. The second-order valence-electron chi connectivity index (χ2n) is 7.84. The lowest BCUT2D eigenvalue weighted by Gasteiger charge is -2.16. The van der Waals surface area contributed by atoms with Crippen LogP contribution in [0.1, 0.15) is 83.1 Å². The molecule has 2 heterocycles. The summed E-state index contributed by atoms with van der Waals surface area (Å²) < 4.78 is 16.7. The van der Waals surface area contributed by atoms with Crippen LogP contribution in [-0.4, -0.2) is 46.1 Å². The van der Waals surface area contributed by atoms with Gasteiger partial charge in [-0.15, -0.1) is 0 Å². The first kappa shape index (κ1) is 23.4. The van der Waals surface area contributed by atoms with Gasteiger partial charge in [0.25, 0.3) is 0 Å². The molecule has 1 aromatic rings. The number of carbonyl (C=O) groups is 1. The number of aliphatic hydroxyl groups is 1. The van der Waals surface area contributed by atoms with Crippen LogP contribution in [0, 0.1) is 0 Å². The number of aliphatic hydroxyl groups excluding tert-OH is 1. The molecule has 1 aliphatic heterocycles. The van der Waals surface area contributed by atoms with Gasteiger partial charge in [0.1, 0.15) is 12.4 Å². The van der Waals surface area contributed by atoms with Crippen LogP contribution in [0.15, 0.2) is 18.6 Å². The number of hydrogen-bond acceptors (Lipinski definition) is 7. The molecule has 1 aliphatic rings. The van der Waals surface area contributed by atoms with E-state index in [1.54, 1.807) is 6.20 Å². The van der Waals surface area contributed by atoms with Crippen molar-refractivity contribution in [3.05, 3.63) is 29.9 Å². The quantitative estimate of drug-likeness (QED) is 0.439. The summed E-state index contributed by atoms with van der Waals surface area (Å²) in [5.74, 6) is -0.918. The number of nitrogens with zero attached hydrogens (tertiary/aromatic N) is 2. The van der Waals surface area contributed by atoms with Crippen LogP contribution in [-0.2, 0) is 19.0 Å². The zero-order valence-corrected chi connectivity index (χ0v) is 18.0. The van der Waals surface area contributed by atoms with Crippen molar-refractivity contribution < 1.29 is 24.1 Å². The predicted molar refractivity (Wildman–Crippen MR) is 110 cm³/mol. The third-order valence-corrected chi connectivity index (χ3v) is 4.95. The number of ether oxygens (including phenoxy) is 3. The second kappa shape index (κ2) is 11.4. The molecule has 0 aliphatic carbocycles. The van der Waals surface area contributed by atoms with Crippen LogP contribution in [0.4, 0.5) is 0 Å². The molecule has 1 fully saturated rings. The smallest absolute Gasteiger partial charge is 0.305 e. The van der Waals surface area contributed by atoms with Crippen molar-refractivity contribution in [2.45, 2.75) is 89.8 Å². The average molecular weight is 407 g/mol. The molecule has 1 saturated heterocycles. The van der Waals surface area contributed by atoms with Gasteiger partial charge < -0.3 is 19.3 Å². The molecule has 162 valence electrons. The van der Waals surface area contributed by atoms with Crippen LogP contribution < -0.4 is 0 Å². The molecule has 0 amide bonds. The minimum absolute atomic E-state index is 0.159. The molecule has 29 heavy (non-hydrogen) atoms. The maximum atomic E-state index is 11.4. The molecule has 0 spiro atoms. The van der Waals surface area contributed by atoms with Crippen molar-refractivity contribution in [3.8, 4) is 0 Å². The Bertz CT molecular complexity index is 677. The number of rotatable bonds is 11. The standard InChI is InChI=1S/C22H34N2O5/c1-5-6-7-9-17(25)21-16(14-23-15-24-21)12-13-19-18(28-22(2,3)29-19)10-8-11-20(26)27-4/h12-15,17-19,25H,5-11H2,1-4H3/b13-12+/t17?,18-,19+/m0/s1. The van der Waals surface area contributed by atoms with E-state index in [4.69, 9.17) is 14.2 Å². The molecule has 0 aromatic carbocycles. The zero-order valence-electron chi connectivity index (χ0n) is 18.0. The minimum atomic E-state index is -0.694. The SMILES string of the molecule is CCCCCC(O)c1ncncc1/C=C/[C@H]1OC(C)(C)O[C@H]1CCCC(=O)OC. The lowest BCUT2D eigenvalue weighted by Crippen LogP contribution is -2.21. The number of methoxy groups -OCH3 is 1. The average Bonchev–Trinajstić information content (AvgIpc) is 3.00. The molecule has 1 N–H and O–H groups in total. The lowest BCUT2D eigenvalue weighted by molar-refractivity contribution is -0.144. The molecular formula is C22H34N2O5. The number of esters is 1. The van der Waals surface area contributed by atoms with Gasteiger partial charge in [0, 0.05) is 18.2 Å². The largest absolute Gasteiger partial charge is 0.469 e. The topological polar surface area (TPSA) is 90.8 Å². The monoisotopic (exact) mass is 406 g/mol. The summed E-state index contributed by atoms with van der Waals surface area (Å²) in [5, 5.41) is 10.5. The summed E-state index contributed by atoms with van der Waals surface area (Å²) in [6, 6.07) is 0. The first-order valence-electron chi connectivity index (χ1n) is 10.4. The van der Waals surface area contributed by atoms with E-state index in [1.165, 1.54) is 13.4 Å². The minimum Gasteiger partial charge on any atom is -0.469 e. The van der Waals surface area contributed by atoms with Crippen LogP contribution in [0.25, 0.3) is 6.08 Å². The first-order valence-corrected chi connectivity index (χ1v) is 10.4. The van der Waals surface area contributed by atoms with E-state index in [0.29, 0.717) is 31.4 Å². The Balaban J connectivity index is 2.05. The molecular weight excluding hydrogens is 372 g/mol. The highest BCUT2D eigenvalue weighted by Gasteiger charge is 2.39. The number of carbonyl (C=O) groups excluding carboxylic acids is 1. The Morgan fingerprint density at radius 3 is 2.86 bits per heavy atom. The Morgan fingerprint density at radius 2 is 2.14 bits per heavy atom. The Hall–Kier alpha value is -1.83. The van der Waals surface area contributed by atoms with E-state index < -0.39 is 11.9 Å². The first-order chi connectivity index (χ1) is 13.9. The van der Waals surface area contributed by atoms with Gasteiger partial charge in [0.15, 0.2) is 5.79 Å². The van der Waals surface area contributed by atoms with Gasteiger partial charge in [-0.3, -0.25) is 4.79 Å². The highest BCUT2D eigenvalue weighted by Crippen LogP contribution is 2.32. The Morgan fingerprint density at radius 1 is 1.34 bits per heavy atom. The molecule has 1 unspecified atom stereocenters. The fourth-order valence-corrected chi connectivity index (χ4v) is 3.48. The van der Waals surface area contributed by atoms with Crippen molar-refractivity contribution in [2.75, 3.05) is 7.11 Å². The Labute approximate surface area is 173 Å². The molecule has 0 bridgehead atoms. The van der Waals surface area contributed by atoms with Crippen molar-refractivity contribution in [1.82, 2.24) is 9.97 Å². The van der Waals surface area contributed by atoms with Crippen molar-refractivity contribution in [1.29, 1.82) is 0 Å². The maximum Gasteiger partial charge on any atom is 0.305 e. The van der Waals surface area contributed by atoms with Gasteiger partial charge in [0.05, 0.1) is 25.0 Å². The van der Waals surface area contributed by atoms with Gasteiger partial charge >= 0.3 is 5.97 Å². The van der Waals surface area contributed by atoms with Gasteiger partial charge in [-0.2, -0.15) is 0 Å². The van der Waals surface area contributed by atoms with E-state index in [2.05, 4.69) is 16.9 Å². The van der Waals surface area contributed by atoms with Crippen LogP contribution in [0.5, 0.6) is 0 Å². The number of aromatic nitrogens is 2. The summed E-state index contributed by atoms with van der Waals surface area (Å²) in [7, 11) is 1.39. The third kappa shape index (κ3) is 7.49. The second-order valence-corrected chi connectivity index (χ2v) is 7.84. The van der Waals surface area contributed by atoms with Gasteiger partial charge in [0.2, 0.25) is 0 Å². The zero-order chi connectivity index (χ0) is 21.3. The normalized spacial score (nSPS) is 22.1. The molecule has 7 heteroatoms. The summed E-state index contributed by atoms with van der Waals surface area (Å²) in [5.41, 5.74) is 1.41. The van der Waals surface area contributed by atoms with Crippen molar-refractivity contribution in [2.24, 2.45) is 0 Å². The third-order valence-electron chi connectivity index (χ3n) is 4.95. The highest BCUT2D eigenvalue weighted by atomic mass is 16.7. The lowest BCUT2D eigenvalue weighted by atomic mass is 10.0. The number of hydrogen-bond donors (Lipinski definition) is 1. The van der Waals surface area contributed by atoms with E-state index >= 15 is 0 Å². The van der Waals surface area contributed by atoms with Crippen LogP contribution in [0.2, 0.25) is 0 Å². The highest BCUT2D eigenvalue weighted by molar-refractivity contribution is 5.69. The van der Waals surface area contributed by atoms with Gasteiger partial charge in [-0.1, -0.05) is 38.3 Å². The molecule has 0 radical (unpaired) electrons. The van der Waals surface area contributed by atoms with Crippen LogP contribution in [0.3, 0.4) is 0 Å². The van der Waals surface area contributed by atoms with E-state index in [-0.39, 0.29) is 18.2 Å². The van der Waals surface area contributed by atoms with E-state index in [1.807, 2.05) is 26.0 Å².